The van der Waals surface area contributed by atoms with Crippen molar-refractivity contribution in [2.24, 2.45) is 5.41 Å². The van der Waals surface area contributed by atoms with Crippen molar-refractivity contribution in [1.82, 2.24) is 0 Å². The van der Waals surface area contributed by atoms with E-state index in [0.29, 0.717) is 12.0 Å². The van der Waals surface area contributed by atoms with E-state index >= 15 is 0 Å². The quantitative estimate of drug-likeness (QED) is 0.422. The number of hydrogen-bond donors (Lipinski definition) is 0. The Kier molecular flexibility index (Phi) is 5.04. The minimum Gasteiger partial charge on any atom is -0.464 e. The van der Waals surface area contributed by atoms with Gasteiger partial charge in [-0.2, -0.15) is 21.6 Å². The summed E-state index contributed by atoms with van der Waals surface area (Å²) in [6.45, 7) is 2.35. The van der Waals surface area contributed by atoms with E-state index in [-0.39, 0.29) is 43.0 Å². The monoisotopic (exact) mass is 382 g/mol. The van der Waals surface area contributed by atoms with Crippen LogP contribution >= 0.6 is 0 Å². The molecule has 0 heterocycles. The van der Waals surface area contributed by atoms with Crippen LogP contribution < -0.4 is 0 Å². The zero-order valence-corrected chi connectivity index (χ0v) is 14.4. The van der Waals surface area contributed by atoms with Gasteiger partial charge in [-0.05, 0) is 30.9 Å². The maximum absolute atomic E-state index is 12.5. The summed E-state index contributed by atoms with van der Waals surface area (Å²) in [6, 6.07) is 0. The van der Waals surface area contributed by atoms with Crippen LogP contribution in [-0.2, 0) is 28.6 Å². The van der Waals surface area contributed by atoms with Crippen LogP contribution in [0.25, 0.3) is 0 Å². The average Bonchev–Trinajstić information content (AvgIpc) is 2.48. The topological polar surface area (TPSA) is 86.7 Å². The Morgan fingerprint density at radius 1 is 1.32 bits per heavy atom. The second kappa shape index (κ2) is 6.47. The normalized spacial score (nSPS) is 24.5. The molecule has 0 bridgehead atoms. The van der Waals surface area contributed by atoms with Gasteiger partial charge in [-0.3, -0.25) is 9.59 Å². The summed E-state index contributed by atoms with van der Waals surface area (Å²) in [5.41, 5.74) is -6.19. The van der Waals surface area contributed by atoms with E-state index in [9.17, 15) is 31.2 Å². The summed E-state index contributed by atoms with van der Waals surface area (Å²) in [4.78, 5) is 23.6. The second-order valence-electron chi connectivity index (χ2n) is 5.97. The first kappa shape index (κ1) is 19.5. The molecule has 0 radical (unpaired) electrons. The zero-order valence-electron chi connectivity index (χ0n) is 13.6. The van der Waals surface area contributed by atoms with Crippen molar-refractivity contribution in [3.8, 4) is 0 Å². The number of carbonyl (C=O) groups excluding carboxylic acids is 2. The van der Waals surface area contributed by atoms with Gasteiger partial charge in [0.1, 0.15) is 18.1 Å². The summed E-state index contributed by atoms with van der Waals surface area (Å²) >= 11 is 0. The molecule has 25 heavy (non-hydrogen) atoms. The van der Waals surface area contributed by atoms with Gasteiger partial charge < -0.3 is 8.92 Å². The third-order valence-electron chi connectivity index (χ3n) is 4.39. The zero-order chi connectivity index (χ0) is 19.0. The molecule has 0 unspecified atom stereocenters. The van der Waals surface area contributed by atoms with Crippen LogP contribution in [0.5, 0.6) is 0 Å². The van der Waals surface area contributed by atoms with Crippen molar-refractivity contribution < 1.29 is 40.1 Å². The van der Waals surface area contributed by atoms with Crippen molar-refractivity contribution in [3.05, 3.63) is 23.0 Å². The number of alkyl halides is 3. The molecular formula is C15H17F3O6S. The Balaban J connectivity index is 2.42. The van der Waals surface area contributed by atoms with Gasteiger partial charge in [0.25, 0.3) is 0 Å². The number of ketones is 1. The van der Waals surface area contributed by atoms with Gasteiger partial charge in [-0.15, -0.1) is 0 Å². The lowest BCUT2D eigenvalue weighted by Crippen LogP contribution is -2.43. The van der Waals surface area contributed by atoms with Crippen LogP contribution in [0.1, 0.15) is 39.5 Å². The fourth-order valence-electron chi connectivity index (χ4n) is 3.12. The summed E-state index contributed by atoms with van der Waals surface area (Å²) < 4.78 is 69.4. The molecule has 0 spiro atoms. The van der Waals surface area contributed by atoms with Gasteiger partial charge >= 0.3 is 21.6 Å². The first-order chi connectivity index (χ1) is 11.4. The highest BCUT2D eigenvalue weighted by Gasteiger charge is 2.52. The SMILES string of the molecule is CC(=O)OC[C@]12CCC(OS(=O)(=O)C(F)(F)F)=C(C)C1=CCCC2=O. The van der Waals surface area contributed by atoms with Gasteiger partial charge in [0.05, 0.1) is 5.41 Å². The number of Topliss-reactive ketones (excluding diaryl/α,β-unsaturated/α-hetero) is 1. The largest absolute Gasteiger partial charge is 0.534 e. The fourth-order valence-corrected chi connectivity index (χ4v) is 3.69. The number of rotatable bonds is 4. The highest BCUT2D eigenvalue weighted by atomic mass is 32.2. The van der Waals surface area contributed by atoms with Gasteiger partial charge in [0, 0.05) is 19.8 Å². The number of allylic oxidation sites excluding steroid dienone is 3. The number of fused-ring (bicyclic) bond motifs is 1. The van der Waals surface area contributed by atoms with Crippen LogP contribution in [0, 0.1) is 5.41 Å². The number of hydrogen-bond acceptors (Lipinski definition) is 6. The van der Waals surface area contributed by atoms with Crippen LogP contribution in [0.2, 0.25) is 0 Å². The molecule has 0 aliphatic heterocycles. The Morgan fingerprint density at radius 2 is 1.96 bits per heavy atom. The maximum Gasteiger partial charge on any atom is 0.534 e. The van der Waals surface area contributed by atoms with Gasteiger partial charge in [-0.25, -0.2) is 0 Å². The lowest BCUT2D eigenvalue weighted by molar-refractivity contribution is -0.147. The minimum absolute atomic E-state index is 0.00496. The third kappa shape index (κ3) is 3.58. The van der Waals surface area contributed by atoms with Crippen LogP contribution in [0.4, 0.5) is 13.2 Å². The highest BCUT2D eigenvalue weighted by Crippen LogP contribution is 2.49. The predicted octanol–water partition coefficient (Wildman–Crippen LogP) is 2.76. The standard InChI is InChI=1S/C15H17F3O6S/c1-9-11-4-3-5-13(20)14(11,8-23-10(2)19)7-6-12(9)24-25(21,22)15(16,17)18/h4H,3,5-8H2,1-2H3/t14-/m1/s1. The number of ether oxygens (including phenoxy) is 1. The first-order valence-corrected chi connectivity index (χ1v) is 8.90. The molecule has 0 aromatic heterocycles. The first-order valence-electron chi connectivity index (χ1n) is 7.49. The van der Waals surface area contributed by atoms with E-state index < -0.39 is 27.0 Å². The van der Waals surface area contributed by atoms with E-state index in [1.165, 1.54) is 13.8 Å². The third-order valence-corrected chi connectivity index (χ3v) is 5.37. The summed E-state index contributed by atoms with van der Waals surface area (Å²) in [5, 5.41) is 0. The van der Waals surface area contributed by atoms with Crippen LogP contribution in [0.15, 0.2) is 23.0 Å². The minimum atomic E-state index is -5.78. The second-order valence-corrected chi connectivity index (χ2v) is 7.51. The summed E-state index contributed by atoms with van der Waals surface area (Å²) in [7, 11) is -5.78. The number of halogens is 3. The number of esters is 1. The fraction of sp³-hybridized carbons (Fsp3) is 0.600. The van der Waals surface area contributed by atoms with Gasteiger partial charge in [-0.1, -0.05) is 6.08 Å². The van der Waals surface area contributed by atoms with E-state index in [2.05, 4.69) is 4.18 Å². The van der Waals surface area contributed by atoms with E-state index in [1.807, 2.05) is 0 Å². The average molecular weight is 382 g/mol. The molecule has 0 fully saturated rings. The van der Waals surface area contributed by atoms with E-state index in [1.54, 1.807) is 6.08 Å². The lowest BCUT2D eigenvalue weighted by Gasteiger charge is -2.41. The van der Waals surface area contributed by atoms with Crippen LogP contribution in [0.3, 0.4) is 0 Å². The van der Waals surface area contributed by atoms with Crippen molar-refractivity contribution in [3.63, 3.8) is 0 Å². The molecule has 10 heteroatoms. The molecule has 2 rings (SSSR count). The summed E-state index contributed by atoms with van der Waals surface area (Å²) in [5.74, 6) is -1.13. The summed E-state index contributed by atoms with van der Waals surface area (Å²) in [6.07, 6.45) is 2.06. The molecule has 140 valence electrons. The van der Waals surface area contributed by atoms with Gasteiger partial charge in [0.15, 0.2) is 0 Å². The predicted molar refractivity (Wildman–Crippen MR) is 79.4 cm³/mol. The highest BCUT2D eigenvalue weighted by molar-refractivity contribution is 7.87. The Bertz CT molecular complexity index is 763. The van der Waals surface area contributed by atoms with Crippen LogP contribution in [-0.4, -0.2) is 32.3 Å². The Hall–Kier alpha value is -1.84. The molecule has 0 saturated carbocycles. The van der Waals surface area contributed by atoms with Crippen molar-refractivity contribution >= 4 is 21.9 Å². The molecule has 6 nitrogen and oxygen atoms in total. The van der Waals surface area contributed by atoms with Gasteiger partial charge in [0.2, 0.25) is 0 Å². The molecule has 0 aromatic carbocycles. The van der Waals surface area contributed by atoms with E-state index in [0.717, 1.165) is 0 Å². The maximum atomic E-state index is 12.5. The van der Waals surface area contributed by atoms with Crippen molar-refractivity contribution in [1.29, 1.82) is 0 Å². The Labute approximate surface area is 142 Å². The molecule has 0 N–H and O–H groups in total. The molecule has 2 aliphatic carbocycles. The molecule has 2 aliphatic rings. The molecule has 0 saturated heterocycles. The molecular weight excluding hydrogens is 365 g/mol. The molecule has 0 aromatic rings. The van der Waals surface area contributed by atoms with Crippen molar-refractivity contribution in [2.45, 2.75) is 45.0 Å². The molecule has 0 amide bonds. The molecule has 1 atom stereocenters. The van der Waals surface area contributed by atoms with E-state index in [4.69, 9.17) is 4.74 Å². The van der Waals surface area contributed by atoms with Crippen molar-refractivity contribution in [2.75, 3.05) is 6.61 Å². The smallest absolute Gasteiger partial charge is 0.464 e. The Morgan fingerprint density at radius 3 is 2.52 bits per heavy atom. The lowest BCUT2D eigenvalue weighted by atomic mass is 9.64. The number of carbonyl (C=O) groups is 2.